The van der Waals surface area contributed by atoms with Gasteiger partial charge in [0.1, 0.15) is 0 Å². The third kappa shape index (κ3) is 7.29. The maximum Gasteiger partial charge on any atom is 0.191 e. The second-order valence-electron chi connectivity index (χ2n) is 7.45. The van der Waals surface area contributed by atoms with Gasteiger partial charge in [-0.3, -0.25) is 0 Å². The van der Waals surface area contributed by atoms with Crippen molar-refractivity contribution in [2.24, 2.45) is 0 Å². The Morgan fingerprint density at radius 1 is 1.22 bits per heavy atom. The predicted molar refractivity (Wildman–Crippen MR) is 104 cm³/mol. The van der Waals surface area contributed by atoms with E-state index in [1.165, 1.54) is 5.56 Å². The monoisotopic (exact) mass is 331 g/mol. The molecule has 128 valence electrons. The first-order valence-electron chi connectivity index (χ1n) is 8.47. The second-order valence-corrected chi connectivity index (χ2v) is 12.3. The molecule has 1 aromatic rings. The molecule has 3 heteroatoms. The molecule has 0 aliphatic rings. The van der Waals surface area contributed by atoms with Crippen LogP contribution in [0.25, 0.3) is 0 Å². The molecule has 1 rings (SSSR count). The molecule has 1 atom stereocenters. The number of hydrogen-bond donors (Lipinski definition) is 1. The van der Waals surface area contributed by atoms with E-state index < -0.39 is 8.32 Å². The van der Waals surface area contributed by atoms with Crippen LogP contribution in [0.3, 0.4) is 0 Å². The zero-order valence-corrected chi connectivity index (χ0v) is 16.4. The summed E-state index contributed by atoms with van der Waals surface area (Å²) in [7, 11) is -1.62. The van der Waals surface area contributed by atoms with Crippen LogP contribution in [0, 0.1) is 0 Å². The molecule has 0 saturated carbocycles. The van der Waals surface area contributed by atoms with Crippen LogP contribution in [0.15, 0.2) is 55.1 Å². The second kappa shape index (κ2) is 9.21. The highest BCUT2D eigenvalue weighted by Crippen LogP contribution is 2.36. The molecule has 23 heavy (non-hydrogen) atoms. The quantitative estimate of drug-likeness (QED) is 0.377. The van der Waals surface area contributed by atoms with Crippen molar-refractivity contribution in [1.82, 2.24) is 5.32 Å². The average molecular weight is 332 g/mol. The zero-order valence-electron chi connectivity index (χ0n) is 15.4. The van der Waals surface area contributed by atoms with Gasteiger partial charge in [-0.1, -0.05) is 69.3 Å². The van der Waals surface area contributed by atoms with Gasteiger partial charge in [-0.05, 0) is 30.1 Å². The first-order valence-corrected chi connectivity index (χ1v) is 11.4. The van der Waals surface area contributed by atoms with Gasteiger partial charge in [0.05, 0.1) is 0 Å². The van der Waals surface area contributed by atoms with Crippen molar-refractivity contribution < 1.29 is 4.43 Å². The molecule has 0 radical (unpaired) electrons. The lowest BCUT2D eigenvalue weighted by atomic mass is 10.2. The molecule has 1 unspecified atom stereocenters. The molecule has 0 aliphatic heterocycles. The van der Waals surface area contributed by atoms with Crippen LogP contribution < -0.4 is 5.32 Å². The molecular weight excluding hydrogens is 298 g/mol. The summed E-state index contributed by atoms with van der Waals surface area (Å²) in [5, 5.41) is 3.76. The van der Waals surface area contributed by atoms with Gasteiger partial charge in [0.15, 0.2) is 8.32 Å². The summed E-state index contributed by atoms with van der Waals surface area (Å²) in [6.45, 7) is 17.0. The van der Waals surface area contributed by atoms with Crippen LogP contribution in [-0.4, -0.2) is 21.0 Å². The summed E-state index contributed by atoms with van der Waals surface area (Å²) in [6.07, 6.45) is 7.25. The SMILES string of the molecule is C=CC(/C=C/CCO[Si](C)(C)C(C)(C)C)NCc1ccccc1. The minimum absolute atomic E-state index is 0.197. The molecule has 1 aromatic carbocycles. The van der Waals surface area contributed by atoms with Crippen molar-refractivity contribution in [3.05, 3.63) is 60.7 Å². The van der Waals surface area contributed by atoms with Crippen LogP contribution in [0.2, 0.25) is 18.1 Å². The van der Waals surface area contributed by atoms with Crippen molar-refractivity contribution in [3.63, 3.8) is 0 Å². The van der Waals surface area contributed by atoms with Crippen molar-refractivity contribution in [3.8, 4) is 0 Å². The van der Waals surface area contributed by atoms with Gasteiger partial charge in [-0.25, -0.2) is 0 Å². The summed E-state index contributed by atoms with van der Waals surface area (Å²) >= 11 is 0. The van der Waals surface area contributed by atoms with Crippen LogP contribution in [0.1, 0.15) is 32.8 Å². The molecule has 0 bridgehead atoms. The third-order valence-corrected chi connectivity index (χ3v) is 9.07. The number of benzene rings is 1. The molecule has 0 saturated heterocycles. The van der Waals surface area contributed by atoms with Crippen molar-refractivity contribution >= 4 is 8.32 Å². The van der Waals surface area contributed by atoms with Crippen LogP contribution in [0.4, 0.5) is 0 Å². The standard InChI is InChI=1S/C20H33NOSi/c1-7-19(21-17-18-13-9-8-10-14-18)15-11-12-16-22-23(5,6)20(2,3)4/h7-11,13-15,19,21H,1,12,16-17H2,2-6H3/b15-11+. The molecule has 0 heterocycles. The van der Waals surface area contributed by atoms with Gasteiger partial charge in [0, 0.05) is 19.2 Å². The lowest BCUT2D eigenvalue weighted by Crippen LogP contribution is -2.40. The van der Waals surface area contributed by atoms with E-state index in [2.05, 4.69) is 82.2 Å². The summed E-state index contributed by atoms with van der Waals surface area (Å²) < 4.78 is 6.18. The highest BCUT2D eigenvalue weighted by atomic mass is 28.4. The van der Waals surface area contributed by atoms with Crippen molar-refractivity contribution in [2.45, 2.75) is 57.9 Å². The van der Waals surface area contributed by atoms with Gasteiger partial charge < -0.3 is 9.74 Å². The predicted octanol–water partition coefficient (Wildman–Crippen LogP) is 5.30. The Morgan fingerprint density at radius 2 is 1.87 bits per heavy atom. The van der Waals surface area contributed by atoms with E-state index >= 15 is 0 Å². The van der Waals surface area contributed by atoms with E-state index in [-0.39, 0.29) is 11.1 Å². The van der Waals surface area contributed by atoms with Crippen LogP contribution in [-0.2, 0) is 11.0 Å². The highest BCUT2D eigenvalue weighted by Gasteiger charge is 2.36. The first-order chi connectivity index (χ1) is 10.8. The number of rotatable bonds is 9. The van der Waals surface area contributed by atoms with E-state index in [0.717, 1.165) is 19.6 Å². The smallest absolute Gasteiger partial charge is 0.191 e. The third-order valence-electron chi connectivity index (χ3n) is 4.54. The maximum atomic E-state index is 6.18. The molecule has 1 N–H and O–H groups in total. The molecule has 0 aliphatic carbocycles. The molecule has 0 fully saturated rings. The van der Waals surface area contributed by atoms with E-state index in [1.54, 1.807) is 0 Å². The Hall–Kier alpha value is -1.16. The minimum Gasteiger partial charge on any atom is -0.417 e. The van der Waals surface area contributed by atoms with Crippen molar-refractivity contribution in [1.29, 1.82) is 0 Å². The minimum atomic E-state index is -1.62. The fourth-order valence-corrected chi connectivity index (χ4v) is 2.96. The lowest BCUT2D eigenvalue weighted by molar-refractivity contribution is 0.294. The van der Waals surface area contributed by atoms with Gasteiger partial charge in [0.25, 0.3) is 0 Å². The fraction of sp³-hybridized carbons (Fsp3) is 0.500. The number of nitrogens with one attached hydrogen (secondary N) is 1. The molecular formula is C20H33NOSi. The van der Waals surface area contributed by atoms with E-state index in [1.807, 2.05) is 12.1 Å². The molecule has 0 spiro atoms. The summed E-state index contributed by atoms with van der Waals surface area (Å²) in [5.74, 6) is 0. The van der Waals surface area contributed by atoms with Gasteiger partial charge in [-0.15, -0.1) is 6.58 Å². The van der Waals surface area contributed by atoms with Crippen LogP contribution >= 0.6 is 0 Å². The molecule has 2 nitrogen and oxygen atoms in total. The van der Waals surface area contributed by atoms with E-state index in [0.29, 0.717) is 0 Å². The molecule has 0 amide bonds. The van der Waals surface area contributed by atoms with Gasteiger partial charge in [0.2, 0.25) is 0 Å². The number of hydrogen-bond acceptors (Lipinski definition) is 2. The highest BCUT2D eigenvalue weighted by molar-refractivity contribution is 6.74. The zero-order chi connectivity index (χ0) is 17.3. The van der Waals surface area contributed by atoms with E-state index in [4.69, 9.17) is 4.43 Å². The Balaban J connectivity index is 2.33. The fourth-order valence-electron chi connectivity index (χ4n) is 1.90. The summed E-state index contributed by atoms with van der Waals surface area (Å²) in [5.41, 5.74) is 1.29. The van der Waals surface area contributed by atoms with Gasteiger partial charge in [-0.2, -0.15) is 0 Å². The summed E-state index contributed by atoms with van der Waals surface area (Å²) in [4.78, 5) is 0. The lowest BCUT2D eigenvalue weighted by Gasteiger charge is -2.36. The maximum absolute atomic E-state index is 6.18. The summed E-state index contributed by atoms with van der Waals surface area (Å²) in [6, 6.07) is 10.6. The molecule has 0 aromatic heterocycles. The topological polar surface area (TPSA) is 21.3 Å². The Labute approximate surface area is 143 Å². The first kappa shape index (κ1) is 19.9. The Kier molecular flexibility index (Phi) is 7.96. The van der Waals surface area contributed by atoms with Crippen molar-refractivity contribution in [2.75, 3.05) is 6.61 Å². The van der Waals surface area contributed by atoms with Crippen LogP contribution in [0.5, 0.6) is 0 Å². The largest absolute Gasteiger partial charge is 0.417 e. The average Bonchev–Trinajstić information content (AvgIpc) is 2.49. The van der Waals surface area contributed by atoms with Gasteiger partial charge >= 0.3 is 0 Å². The Morgan fingerprint density at radius 3 is 2.43 bits per heavy atom. The van der Waals surface area contributed by atoms with E-state index in [9.17, 15) is 0 Å². The Bertz CT molecular complexity index is 488. The normalized spacial score (nSPS) is 14.1.